The van der Waals surface area contributed by atoms with E-state index in [4.69, 9.17) is 5.11 Å². The van der Waals surface area contributed by atoms with Crippen LogP contribution in [0.3, 0.4) is 0 Å². The van der Waals surface area contributed by atoms with Crippen molar-refractivity contribution >= 4 is 0 Å². The summed E-state index contributed by atoms with van der Waals surface area (Å²) in [6.07, 6.45) is 9.08. The van der Waals surface area contributed by atoms with Crippen LogP contribution in [0, 0.1) is 5.92 Å². The molecule has 2 heteroatoms. The summed E-state index contributed by atoms with van der Waals surface area (Å²) in [5, 5.41) is 18.1. The molecular weight excluding hydrogens is 152 g/mol. The highest BCUT2D eigenvalue weighted by molar-refractivity contribution is 4.92. The molecule has 1 fully saturated rings. The summed E-state index contributed by atoms with van der Waals surface area (Å²) < 4.78 is 0. The third-order valence-electron chi connectivity index (χ3n) is 2.57. The maximum Gasteiger partial charge on any atom is 0.0749 e. The van der Waals surface area contributed by atoms with Crippen molar-refractivity contribution in [1.82, 2.24) is 0 Å². The average Bonchev–Trinajstić information content (AvgIpc) is 2.15. The van der Waals surface area contributed by atoms with E-state index in [0.717, 1.165) is 12.8 Å². The van der Waals surface area contributed by atoms with Gasteiger partial charge >= 0.3 is 0 Å². The molecule has 1 unspecified atom stereocenters. The lowest BCUT2D eigenvalue weighted by Crippen LogP contribution is -2.20. The van der Waals surface area contributed by atoms with Crippen LogP contribution in [0.15, 0.2) is 12.2 Å². The molecule has 12 heavy (non-hydrogen) atoms. The summed E-state index contributed by atoms with van der Waals surface area (Å²) in [6, 6.07) is 0. The zero-order valence-corrected chi connectivity index (χ0v) is 7.45. The maximum absolute atomic E-state index is 9.61. The molecule has 70 valence electrons. The van der Waals surface area contributed by atoms with Gasteiger partial charge in [0.05, 0.1) is 12.7 Å². The zero-order chi connectivity index (χ0) is 8.81. The van der Waals surface area contributed by atoms with Gasteiger partial charge in [0.25, 0.3) is 0 Å². The fourth-order valence-corrected chi connectivity index (χ4v) is 1.83. The fraction of sp³-hybridized carbons (Fsp3) is 0.800. The largest absolute Gasteiger partial charge is 0.392 e. The maximum atomic E-state index is 9.61. The fourth-order valence-electron chi connectivity index (χ4n) is 1.83. The third kappa shape index (κ3) is 2.95. The van der Waals surface area contributed by atoms with Gasteiger partial charge in [0.2, 0.25) is 0 Å². The molecule has 0 heterocycles. The van der Waals surface area contributed by atoms with Gasteiger partial charge in [0.1, 0.15) is 0 Å². The minimum absolute atomic E-state index is 0.0315. The second-order valence-electron chi connectivity index (χ2n) is 3.50. The lowest BCUT2D eigenvalue weighted by molar-refractivity contribution is 0.124. The molecule has 0 bridgehead atoms. The second-order valence-corrected chi connectivity index (χ2v) is 3.50. The monoisotopic (exact) mass is 170 g/mol. The van der Waals surface area contributed by atoms with Crippen LogP contribution in [0.1, 0.15) is 32.1 Å². The molecule has 1 rings (SSSR count). The summed E-state index contributed by atoms with van der Waals surface area (Å²) in [5.41, 5.74) is 0. The highest BCUT2D eigenvalue weighted by Gasteiger charge is 2.18. The Labute approximate surface area is 73.9 Å². The second kappa shape index (κ2) is 5.33. The molecule has 0 aromatic heterocycles. The Morgan fingerprint density at radius 2 is 1.92 bits per heavy atom. The Morgan fingerprint density at radius 3 is 2.50 bits per heavy atom. The predicted octanol–water partition coefficient (Wildman–Crippen LogP) is 1.48. The van der Waals surface area contributed by atoms with Crippen LogP contribution < -0.4 is 0 Å². The van der Waals surface area contributed by atoms with Crippen molar-refractivity contribution in [2.24, 2.45) is 5.92 Å². The molecule has 0 aromatic carbocycles. The predicted molar refractivity (Wildman–Crippen MR) is 48.8 cm³/mol. The number of aliphatic hydroxyl groups is 2. The van der Waals surface area contributed by atoms with Gasteiger partial charge in [-0.1, -0.05) is 31.4 Å². The molecule has 0 radical (unpaired) electrons. The summed E-state index contributed by atoms with van der Waals surface area (Å²) in [5.74, 6) is 0.432. The van der Waals surface area contributed by atoms with E-state index in [-0.39, 0.29) is 12.7 Å². The van der Waals surface area contributed by atoms with Crippen molar-refractivity contribution in [2.45, 2.75) is 38.2 Å². The van der Waals surface area contributed by atoms with E-state index in [2.05, 4.69) is 0 Å². The molecule has 0 aromatic rings. The quantitative estimate of drug-likeness (QED) is 0.630. The number of hydrogen-bond acceptors (Lipinski definition) is 2. The van der Waals surface area contributed by atoms with Crippen LogP contribution in [0.2, 0.25) is 0 Å². The van der Waals surface area contributed by atoms with Crippen molar-refractivity contribution in [3.8, 4) is 0 Å². The molecule has 1 aliphatic carbocycles. The third-order valence-corrected chi connectivity index (χ3v) is 2.57. The van der Waals surface area contributed by atoms with Crippen LogP contribution in [-0.4, -0.2) is 22.9 Å². The van der Waals surface area contributed by atoms with Crippen molar-refractivity contribution in [3.63, 3.8) is 0 Å². The first-order chi connectivity index (χ1) is 5.84. The first kappa shape index (κ1) is 9.75. The highest BCUT2D eigenvalue weighted by Crippen LogP contribution is 2.26. The van der Waals surface area contributed by atoms with Gasteiger partial charge in [-0.2, -0.15) is 0 Å². The Morgan fingerprint density at radius 1 is 1.25 bits per heavy atom. The Bertz CT molecular complexity index is 137. The van der Waals surface area contributed by atoms with Gasteiger partial charge in [-0.25, -0.2) is 0 Å². The van der Waals surface area contributed by atoms with E-state index in [1.54, 1.807) is 12.2 Å². The van der Waals surface area contributed by atoms with Crippen molar-refractivity contribution in [3.05, 3.63) is 12.2 Å². The molecule has 1 atom stereocenters. The smallest absolute Gasteiger partial charge is 0.0749 e. The van der Waals surface area contributed by atoms with Gasteiger partial charge in [-0.05, 0) is 18.8 Å². The van der Waals surface area contributed by atoms with Crippen LogP contribution in [0.5, 0.6) is 0 Å². The van der Waals surface area contributed by atoms with Gasteiger partial charge < -0.3 is 10.2 Å². The lowest BCUT2D eigenvalue weighted by atomic mass is 9.85. The number of aliphatic hydroxyl groups excluding tert-OH is 2. The van der Waals surface area contributed by atoms with Gasteiger partial charge in [-0.3, -0.25) is 0 Å². The average molecular weight is 170 g/mol. The zero-order valence-electron chi connectivity index (χ0n) is 7.45. The topological polar surface area (TPSA) is 40.5 Å². The van der Waals surface area contributed by atoms with Gasteiger partial charge in [-0.15, -0.1) is 0 Å². The molecule has 0 amide bonds. The van der Waals surface area contributed by atoms with E-state index in [1.165, 1.54) is 19.3 Å². The molecular formula is C10H18O2. The van der Waals surface area contributed by atoms with E-state index in [9.17, 15) is 5.11 Å². The normalized spacial score (nSPS) is 23.2. The van der Waals surface area contributed by atoms with Gasteiger partial charge in [0, 0.05) is 0 Å². The van der Waals surface area contributed by atoms with Crippen LogP contribution >= 0.6 is 0 Å². The molecule has 1 aliphatic rings. The van der Waals surface area contributed by atoms with Crippen LogP contribution in [-0.2, 0) is 0 Å². The number of hydrogen-bond donors (Lipinski definition) is 2. The molecule has 0 spiro atoms. The summed E-state index contributed by atoms with van der Waals surface area (Å²) in [7, 11) is 0. The summed E-state index contributed by atoms with van der Waals surface area (Å²) in [6.45, 7) is 0.0315. The molecule has 0 aliphatic heterocycles. The Kier molecular flexibility index (Phi) is 4.33. The Balaban J connectivity index is 2.29. The van der Waals surface area contributed by atoms with E-state index in [0.29, 0.717) is 5.92 Å². The van der Waals surface area contributed by atoms with E-state index in [1.807, 2.05) is 0 Å². The summed E-state index contributed by atoms with van der Waals surface area (Å²) in [4.78, 5) is 0. The first-order valence-corrected chi connectivity index (χ1v) is 4.80. The summed E-state index contributed by atoms with van der Waals surface area (Å²) >= 11 is 0. The van der Waals surface area contributed by atoms with E-state index < -0.39 is 0 Å². The van der Waals surface area contributed by atoms with Crippen LogP contribution in [0.4, 0.5) is 0 Å². The Hall–Kier alpha value is -0.340. The number of rotatable bonds is 3. The standard InChI is InChI=1S/C10H18O2/c11-8-4-7-10(12)9-5-2-1-3-6-9/h4,7,9-12H,1-3,5-6,8H2. The molecule has 2 N–H and O–H groups in total. The SMILES string of the molecule is OCC=CC(O)C1CCCCC1. The van der Waals surface area contributed by atoms with Crippen molar-refractivity contribution in [1.29, 1.82) is 0 Å². The van der Waals surface area contributed by atoms with Crippen LogP contribution in [0.25, 0.3) is 0 Å². The minimum atomic E-state index is -0.336. The van der Waals surface area contributed by atoms with Gasteiger partial charge in [0.15, 0.2) is 0 Å². The van der Waals surface area contributed by atoms with Crippen molar-refractivity contribution in [2.75, 3.05) is 6.61 Å². The molecule has 0 saturated heterocycles. The van der Waals surface area contributed by atoms with Crippen molar-refractivity contribution < 1.29 is 10.2 Å². The lowest BCUT2D eigenvalue weighted by Gasteiger charge is -2.24. The molecule has 2 nitrogen and oxygen atoms in total. The molecule has 1 saturated carbocycles. The first-order valence-electron chi connectivity index (χ1n) is 4.80. The van der Waals surface area contributed by atoms with E-state index >= 15 is 0 Å². The highest BCUT2D eigenvalue weighted by atomic mass is 16.3. The minimum Gasteiger partial charge on any atom is -0.392 e.